The molecule has 0 spiro atoms. The number of carbonyl (C=O) groups excluding carboxylic acids is 1. The monoisotopic (exact) mass is 419 g/mol. The van der Waals surface area contributed by atoms with E-state index in [0.717, 1.165) is 66.3 Å². The third-order valence-electron chi connectivity index (χ3n) is 6.16. The topological polar surface area (TPSA) is 36.4 Å². The molecule has 3 aromatic rings. The molecule has 1 aliphatic heterocycles. The van der Waals surface area contributed by atoms with Crippen LogP contribution in [0.4, 0.5) is 0 Å². The van der Waals surface area contributed by atoms with Gasteiger partial charge < -0.3 is 4.90 Å². The van der Waals surface area contributed by atoms with E-state index in [9.17, 15) is 4.79 Å². The summed E-state index contributed by atoms with van der Waals surface area (Å²) in [6, 6.07) is 18.1. The summed E-state index contributed by atoms with van der Waals surface area (Å²) in [4.78, 5) is 22.8. The molecule has 1 aliphatic carbocycles. The summed E-state index contributed by atoms with van der Waals surface area (Å²) >= 11 is 6.01. The second-order valence-electron chi connectivity index (χ2n) is 8.43. The molecule has 0 bridgehead atoms. The van der Waals surface area contributed by atoms with Gasteiger partial charge in [-0.2, -0.15) is 0 Å². The Hall–Kier alpha value is -2.43. The van der Waals surface area contributed by atoms with Gasteiger partial charge in [0.05, 0.1) is 11.1 Å². The maximum atomic E-state index is 13.5. The Bertz CT molecular complexity index is 1060. The van der Waals surface area contributed by atoms with Crippen molar-refractivity contribution in [3.05, 3.63) is 76.4 Å². The maximum absolute atomic E-state index is 13.5. The minimum absolute atomic E-state index is 0.142. The molecule has 30 heavy (non-hydrogen) atoms. The highest BCUT2D eigenvalue weighted by Crippen LogP contribution is 2.40. The normalized spacial score (nSPS) is 17.8. The fourth-order valence-corrected chi connectivity index (χ4v) is 4.44. The van der Waals surface area contributed by atoms with Gasteiger partial charge in [0, 0.05) is 54.7 Å². The van der Waals surface area contributed by atoms with Gasteiger partial charge in [0.1, 0.15) is 0 Å². The molecule has 1 aromatic heterocycles. The molecular formula is C25H26ClN3O. The van der Waals surface area contributed by atoms with Gasteiger partial charge in [-0.1, -0.05) is 41.9 Å². The summed E-state index contributed by atoms with van der Waals surface area (Å²) in [6.45, 7) is 4.32. The number of pyridine rings is 1. The lowest BCUT2D eigenvalue weighted by atomic mass is 10.0. The van der Waals surface area contributed by atoms with E-state index >= 15 is 0 Å². The van der Waals surface area contributed by atoms with E-state index in [4.69, 9.17) is 16.6 Å². The molecule has 154 valence electrons. The first kappa shape index (κ1) is 19.5. The van der Waals surface area contributed by atoms with Crippen LogP contribution in [0.2, 0.25) is 5.02 Å². The second-order valence-corrected chi connectivity index (χ2v) is 8.87. The minimum atomic E-state index is 0.142. The standard InChI is InChI=1S/C25H26ClN3O/c26-20-10-6-18(7-11-20)17-28-12-3-13-29(15-14-28)25(30)22-16-24(19-8-9-19)27-23-5-2-1-4-21(22)23/h1-2,4-7,10-11,16,19H,3,8-9,12-15,17H2. The third kappa shape index (κ3) is 4.21. The number of rotatable bonds is 4. The highest BCUT2D eigenvalue weighted by molar-refractivity contribution is 6.30. The number of hydrogen-bond acceptors (Lipinski definition) is 3. The fourth-order valence-electron chi connectivity index (χ4n) is 4.31. The van der Waals surface area contributed by atoms with Gasteiger partial charge in [-0.15, -0.1) is 0 Å². The van der Waals surface area contributed by atoms with Crippen molar-refractivity contribution in [1.29, 1.82) is 0 Å². The van der Waals surface area contributed by atoms with Gasteiger partial charge in [0.15, 0.2) is 0 Å². The maximum Gasteiger partial charge on any atom is 0.254 e. The first-order chi connectivity index (χ1) is 14.7. The van der Waals surface area contributed by atoms with Crippen LogP contribution in [0, 0.1) is 0 Å². The molecule has 1 amide bonds. The first-order valence-electron chi connectivity index (χ1n) is 10.8. The van der Waals surface area contributed by atoms with Gasteiger partial charge >= 0.3 is 0 Å². The van der Waals surface area contributed by atoms with Gasteiger partial charge in [0.2, 0.25) is 0 Å². The molecule has 5 rings (SSSR count). The highest BCUT2D eigenvalue weighted by atomic mass is 35.5. The predicted molar refractivity (Wildman–Crippen MR) is 121 cm³/mol. The number of para-hydroxylation sites is 1. The van der Waals surface area contributed by atoms with E-state index in [1.54, 1.807) is 0 Å². The number of amides is 1. The fraction of sp³-hybridized carbons (Fsp3) is 0.360. The number of benzene rings is 2. The molecule has 5 heteroatoms. The first-order valence-corrected chi connectivity index (χ1v) is 11.2. The summed E-state index contributed by atoms with van der Waals surface area (Å²) in [7, 11) is 0. The summed E-state index contributed by atoms with van der Waals surface area (Å²) in [5, 5.41) is 1.73. The average molecular weight is 420 g/mol. The second kappa shape index (κ2) is 8.37. The molecule has 0 radical (unpaired) electrons. The van der Waals surface area contributed by atoms with Crippen LogP contribution in [-0.2, 0) is 6.54 Å². The van der Waals surface area contributed by atoms with Crippen molar-refractivity contribution in [3.63, 3.8) is 0 Å². The Balaban J connectivity index is 1.33. The van der Waals surface area contributed by atoms with E-state index < -0.39 is 0 Å². The Morgan fingerprint density at radius 2 is 1.80 bits per heavy atom. The van der Waals surface area contributed by atoms with Crippen molar-refractivity contribution < 1.29 is 4.79 Å². The third-order valence-corrected chi connectivity index (χ3v) is 6.41. The van der Waals surface area contributed by atoms with Gasteiger partial charge in [-0.25, -0.2) is 0 Å². The number of halogens is 1. The number of hydrogen-bond donors (Lipinski definition) is 0. The van der Waals surface area contributed by atoms with Crippen LogP contribution in [0.5, 0.6) is 0 Å². The minimum Gasteiger partial charge on any atom is -0.337 e. The van der Waals surface area contributed by atoms with Crippen molar-refractivity contribution in [2.75, 3.05) is 26.2 Å². The zero-order valence-electron chi connectivity index (χ0n) is 17.1. The van der Waals surface area contributed by atoms with E-state index in [2.05, 4.69) is 23.1 Å². The lowest BCUT2D eigenvalue weighted by Gasteiger charge is -2.23. The smallest absolute Gasteiger partial charge is 0.254 e. The lowest BCUT2D eigenvalue weighted by Crippen LogP contribution is -2.35. The van der Waals surface area contributed by atoms with Crippen LogP contribution in [0.25, 0.3) is 10.9 Å². The lowest BCUT2D eigenvalue weighted by molar-refractivity contribution is 0.0763. The van der Waals surface area contributed by atoms with Crippen LogP contribution in [0.1, 0.15) is 46.8 Å². The molecule has 0 N–H and O–H groups in total. The summed E-state index contributed by atoms with van der Waals surface area (Å²) < 4.78 is 0. The van der Waals surface area contributed by atoms with Crippen LogP contribution >= 0.6 is 11.6 Å². The van der Waals surface area contributed by atoms with Gasteiger partial charge in [-0.05, 0) is 49.1 Å². The van der Waals surface area contributed by atoms with Gasteiger partial charge in [-0.3, -0.25) is 14.7 Å². The molecule has 1 saturated heterocycles. The predicted octanol–water partition coefficient (Wildman–Crippen LogP) is 5.11. The van der Waals surface area contributed by atoms with Crippen molar-refractivity contribution in [3.8, 4) is 0 Å². The quantitative estimate of drug-likeness (QED) is 0.589. The number of aromatic nitrogens is 1. The molecule has 0 unspecified atom stereocenters. The molecule has 2 aliphatic rings. The molecule has 0 atom stereocenters. The molecule has 1 saturated carbocycles. The zero-order chi connectivity index (χ0) is 20.5. The SMILES string of the molecule is O=C(c1cc(C2CC2)nc2ccccc12)N1CCCN(Cc2ccc(Cl)cc2)CC1. The van der Waals surface area contributed by atoms with Crippen molar-refractivity contribution >= 4 is 28.4 Å². The van der Waals surface area contributed by atoms with E-state index in [-0.39, 0.29) is 5.91 Å². The van der Waals surface area contributed by atoms with Crippen molar-refractivity contribution in [2.24, 2.45) is 0 Å². The Kier molecular flexibility index (Phi) is 5.45. The summed E-state index contributed by atoms with van der Waals surface area (Å²) in [6.07, 6.45) is 3.35. The summed E-state index contributed by atoms with van der Waals surface area (Å²) in [5.74, 6) is 0.670. The Morgan fingerprint density at radius 1 is 1.00 bits per heavy atom. The Morgan fingerprint density at radius 3 is 2.60 bits per heavy atom. The van der Waals surface area contributed by atoms with Crippen LogP contribution in [-0.4, -0.2) is 46.9 Å². The molecule has 2 aromatic carbocycles. The largest absolute Gasteiger partial charge is 0.337 e. The van der Waals surface area contributed by atoms with E-state index in [0.29, 0.717) is 5.92 Å². The van der Waals surface area contributed by atoms with E-state index in [1.165, 1.54) is 18.4 Å². The average Bonchev–Trinajstić information content (AvgIpc) is 3.62. The van der Waals surface area contributed by atoms with E-state index in [1.807, 2.05) is 41.3 Å². The number of nitrogens with zero attached hydrogens (tertiary/aromatic N) is 3. The molecule has 4 nitrogen and oxygen atoms in total. The van der Waals surface area contributed by atoms with Crippen molar-refractivity contribution in [1.82, 2.24) is 14.8 Å². The Labute approximate surface area is 182 Å². The van der Waals surface area contributed by atoms with Gasteiger partial charge in [0.25, 0.3) is 5.91 Å². The van der Waals surface area contributed by atoms with Crippen LogP contribution < -0.4 is 0 Å². The van der Waals surface area contributed by atoms with Crippen molar-refractivity contribution in [2.45, 2.75) is 31.7 Å². The molecule has 2 fully saturated rings. The molecule has 2 heterocycles. The number of carbonyl (C=O) groups is 1. The van der Waals surface area contributed by atoms with Crippen LogP contribution in [0.15, 0.2) is 54.6 Å². The molecular weight excluding hydrogens is 394 g/mol. The summed E-state index contributed by atoms with van der Waals surface area (Å²) in [5.41, 5.74) is 4.09. The zero-order valence-corrected chi connectivity index (χ0v) is 17.8. The highest BCUT2D eigenvalue weighted by Gasteiger charge is 2.28. The number of fused-ring (bicyclic) bond motifs is 1. The van der Waals surface area contributed by atoms with Crippen LogP contribution in [0.3, 0.4) is 0 Å².